The normalized spacial score (nSPS) is 30.7. The van der Waals surface area contributed by atoms with E-state index in [9.17, 15) is 25.3 Å². The molecule has 0 spiro atoms. The van der Waals surface area contributed by atoms with Gasteiger partial charge in [0.1, 0.15) is 0 Å². The van der Waals surface area contributed by atoms with Gasteiger partial charge in [-0.25, -0.2) is 0 Å². The third kappa shape index (κ3) is 5.58. The summed E-state index contributed by atoms with van der Waals surface area (Å²) >= 11 is -1.16. The summed E-state index contributed by atoms with van der Waals surface area (Å²) in [6, 6.07) is 18.0. The van der Waals surface area contributed by atoms with Gasteiger partial charge in [0.15, 0.2) is 0 Å². The van der Waals surface area contributed by atoms with Gasteiger partial charge in [0, 0.05) is 0 Å². The van der Waals surface area contributed by atoms with Crippen molar-refractivity contribution in [2.24, 2.45) is 0 Å². The van der Waals surface area contributed by atoms with Gasteiger partial charge in [-0.05, 0) is 0 Å². The van der Waals surface area contributed by atoms with Crippen LogP contribution in [0.1, 0.15) is 61.4 Å². The molecule has 252 valence electrons. The SMILES string of the molecule is C[I-]C1(C)C=C(c2ccc3c(c2)S(=O)(=O)C(Cc2ccc4c(c2)S(=O)(=O)CCC4(C)[I-]C)CC3(C)[I-]C)S(=O)(=O)c2ccccc21. The van der Waals surface area contributed by atoms with Crippen LogP contribution in [0.5, 0.6) is 0 Å². The van der Waals surface area contributed by atoms with E-state index in [1.54, 1.807) is 30.3 Å². The van der Waals surface area contributed by atoms with Gasteiger partial charge in [0.25, 0.3) is 0 Å². The van der Waals surface area contributed by atoms with Crippen LogP contribution in [-0.2, 0) is 46.2 Å². The van der Waals surface area contributed by atoms with E-state index in [1.807, 2.05) is 36.4 Å². The molecule has 12 heteroatoms. The van der Waals surface area contributed by atoms with E-state index in [1.165, 1.54) is 0 Å². The molecule has 3 aliphatic heterocycles. The van der Waals surface area contributed by atoms with Crippen molar-refractivity contribution in [3.05, 3.63) is 94.6 Å². The number of rotatable bonds is 6. The number of fused-ring (bicyclic) bond motifs is 3. The Morgan fingerprint density at radius 2 is 1.37 bits per heavy atom. The first-order valence-electron chi connectivity index (χ1n) is 14.8. The van der Waals surface area contributed by atoms with E-state index in [4.69, 9.17) is 0 Å². The van der Waals surface area contributed by atoms with Crippen molar-refractivity contribution in [1.29, 1.82) is 0 Å². The molecule has 46 heavy (non-hydrogen) atoms. The number of sulfone groups is 3. The van der Waals surface area contributed by atoms with Gasteiger partial charge in [-0.2, -0.15) is 0 Å². The second-order valence-corrected chi connectivity index (χ2v) is 29.1. The summed E-state index contributed by atoms with van der Waals surface area (Å²) in [5, 5.41) is -0.751. The zero-order chi connectivity index (χ0) is 33.5. The Balaban J connectivity index is 1.46. The molecule has 0 amide bonds. The third-order valence-electron chi connectivity index (χ3n) is 10.1. The van der Waals surface area contributed by atoms with E-state index in [0.29, 0.717) is 33.8 Å². The molecule has 0 aromatic heterocycles. The fourth-order valence-corrected chi connectivity index (χ4v) is 19.9. The summed E-state index contributed by atoms with van der Waals surface area (Å²) < 4.78 is 82.5. The van der Waals surface area contributed by atoms with E-state index >= 15 is 0 Å². The summed E-state index contributed by atoms with van der Waals surface area (Å²) in [4.78, 5) is 7.51. The molecule has 0 fully saturated rings. The molecule has 3 heterocycles. The first-order chi connectivity index (χ1) is 21.5. The van der Waals surface area contributed by atoms with Crippen molar-refractivity contribution in [2.75, 3.05) is 20.5 Å². The van der Waals surface area contributed by atoms with Crippen LogP contribution >= 0.6 is 0 Å². The minimum atomic E-state index is -3.87. The Bertz CT molecular complexity index is 2130. The Morgan fingerprint density at radius 3 is 2.04 bits per heavy atom. The quantitative estimate of drug-likeness (QED) is 0.186. The Morgan fingerprint density at radius 1 is 0.717 bits per heavy atom. The van der Waals surface area contributed by atoms with E-state index in [2.05, 4.69) is 35.6 Å². The molecule has 6 nitrogen and oxygen atoms in total. The number of hydrogen-bond donors (Lipinski definition) is 0. The Hall–Kier alpha value is -0.560. The van der Waals surface area contributed by atoms with Crippen molar-refractivity contribution in [2.45, 2.75) is 70.2 Å². The first kappa shape index (κ1) is 35.3. The molecule has 3 aliphatic rings. The van der Waals surface area contributed by atoms with Gasteiger partial charge in [0.05, 0.1) is 0 Å². The summed E-state index contributed by atoms with van der Waals surface area (Å²) in [6.07, 6.45) is 3.12. The van der Waals surface area contributed by atoms with Crippen molar-refractivity contribution in [1.82, 2.24) is 0 Å². The van der Waals surface area contributed by atoms with Crippen LogP contribution in [0.4, 0.5) is 0 Å². The second-order valence-electron chi connectivity index (χ2n) is 12.7. The fraction of sp³-hybridized carbons (Fsp3) is 0.412. The standard InChI is InChI=1S/C34H38I3O6S3/c1-32(35-4)15-16-44(38,39)29-18-22(11-13-26(29)32)17-24-20-33(2,36-5)27-14-12-23(19-30(27)45(24,40)41)31-21-34(3,37-6)25-9-7-8-10-28(25)46(31,42)43/h7-14,18-19,21,24H,15-17,20H2,1-6H3/q-3. The molecule has 0 aliphatic carbocycles. The second kappa shape index (κ2) is 12.0. The Kier molecular flexibility index (Phi) is 9.24. The Labute approximate surface area is 305 Å². The van der Waals surface area contributed by atoms with Gasteiger partial charge >= 0.3 is 309 Å². The summed E-state index contributed by atoms with van der Waals surface area (Å²) in [5.41, 5.74) is 3.55. The first-order valence-corrected chi connectivity index (χ1v) is 29.2. The van der Waals surface area contributed by atoms with Crippen LogP contribution in [0.2, 0.25) is 0 Å². The number of hydrogen-bond acceptors (Lipinski definition) is 6. The molecule has 3 aromatic carbocycles. The predicted molar refractivity (Wildman–Crippen MR) is 170 cm³/mol. The molecule has 0 saturated carbocycles. The van der Waals surface area contributed by atoms with Crippen molar-refractivity contribution in [3.63, 3.8) is 0 Å². The van der Waals surface area contributed by atoms with Crippen LogP contribution in [0.25, 0.3) is 4.91 Å². The zero-order valence-corrected chi connectivity index (χ0v) is 35.5. The molecule has 3 aromatic rings. The summed E-state index contributed by atoms with van der Waals surface area (Å²) in [6.45, 7) is 6.34. The number of halogens is 3. The average Bonchev–Trinajstić information content (AvgIpc) is 3.04. The topological polar surface area (TPSA) is 102 Å². The van der Waals surface area contributed by atoms with Gasteiger partial charge in [-0.15, -0.1) is 0 Å². The molecular formula is C34H38I3O6S3-3. The molecule has 0 saturated heterocycles. The number of allylic oxidation sites excluding steroid dienone is 1. The number of alkyl halides is 6. The molecule has 4 unspecified atom stereocenters. The summed E-state index contributed by atoms with van der Waals surface area (Å²) in [7, 11) is -11.2. The maximum absolute atomic E-state index is 14.5. The molecular weight excluding hydrogens is 981 g/mol. The van der Waals surface area contributed by atoms with Crippen LogP contribution < -0.4 is 63.6 Å². The van der Waals surface area contributed by atoms with Crippen LogP contribution in [0, 0.1) is 0 Å². The minimum absolute atomic E-state index is 0.117. The fourth-order valence-electron chi connectivity index (χ4n) is 6.96. The summed E-state index contributed by atoms with van der Waals surface area (Å²) in [5.74, 6) is 0.117. The van der Waals surface area contributed by atoms with Gasteiger partial charge in [-0.3, -0.25) is 0 Å². The van der Waals surface area contributed by atoms with Crippen molar-refractivity contribution in [3.8, 4) is 0 Å². The van der Waals surface area contributed by atoms with Gasteiger partial charge in [0.2, 0.25) is 0 Å². The average molecular weight is 1020 g/mol. The third-order valence-corrected chi connectivity index (χ3v) is 25.9. The molecule has 0 bridgehead atoms. The predicted octanol–water partition coefficient (Wildman–Crippen LogP) is -3.72. The zero-order valence-electron chi connectivity index (χ0n) is 26.6. The van der Waals surface area contributed by atoms with E-state index in [0.717, 1.165) is 16.7 Å². The van der Waals surface area contributed by atoms with E-state index < -0.39 is 80.6 Å². The van der Waals surface area contributed by atoms with Crippen molar-refractivity contribution < 1.29 is 88.9 Å². The van der Waals surface area contributed by atoms with Crippen LogP contribution in [0.3, 0.4) is 0 Å². The van der Waals surface area contributed by atoms with Crippen LogP contribution in [-0.4, -0.2) is 51.0 Å². The van der Waals surface area contributed by atoms with E-state index in [-0.39, 0.29) is 50.0 Å². The van der Waals surface area contributed by atoms with Gasteiger partial charge in [-0.1, -0.05) is 0 Å². The monoisotopic (exact) mass is 1020 g/mol. The van der Waals surface area contributed by atoms with Gasteiger partial charge < -0.3 is 0 Å². The molecule has 0 N–H and O–H groups in total. The van der Waals surface area contributed by atoms with Crippen molar-refractivity contribution >= 4 is 34.4 Å². The maximum atomic E-state index is 14.5. The van der Waals surface area contributed by atoms with Crippen LogP contribution in [0.15, 0.2) is 81.4 Å². The molecule has 6 rings (SSSR count). The number of benzene rings is 3. The molecule has 0 radical (unpaired) electrons. The molecule has 4 atom stereocenters.